The maximum Gasteiger partial charge on any atom is 0.331 e. The summed E-state index contributed by atoms with van der Waals surface area (Å²) in [6.07, 6.45) is 18.1. The Morgan fingerprint density at radius 3 is 1.48 bits per heavy atom. The number of rotatable bonds is 15. The molecule has 0 heterocycles. The molecule has 0 aromatic carbocycles. The largest absolute Gasteiger partial charge is 0.512 e. The molecular weight excluding hydrogens is 264 g/mol. The quantitative estimate of drug-likeness (QED) is 0.222. The van der Waals surface area contributed by atoms with Crippen LogP contribution in [0.25, 0.3) is 0 Å². The van der Waals surface area contributed by atoms with Crippen LogP contribution < -0.4 is 0 Å². The first-order chi connectivity index (χ1) is 10.2. The van der Waals surface area contributed by atoms with E-state index in [1.807, 2.05) is 0 Å². The normalized spacial score (nSPS) is 11.8. The number of carboxylic acids is 1. The van der Waals surface area contributed by atoms with Crippen molar-refractivity contribution < 1.29 is 15.0 Å². The van der Waals surface area contributed by atoms with Crippen LogP contribution in [0.4, 0.5) is 0 Å². The molecule has 0 atom stereocenters. The summed E-state index contributed by atoms with van der Waals surface area (Å²) < 4.78 is 0. The van der Waals surface area contributed by atoms with E-state index in [0.29, 0.717) is 6.42 Å². The zero-order valence-corrected chi connectivity index (χ0v) is 13.8. The van der Waals surface area contributed by atoms with E-state index in [0.717, 1.165) is 18.9 Å². The summed E-state index contributed by atoms with van der Waals surface area (Å²) in [6, 6.07) is 0. The molecule has 0 aromatic heterocycles. The Bertz CT molecular complexity index is 272. The maximum absolute atomic E-state index is 10.3. The van der Waals surface area contributed by atoms with Gasteiger partial charge in [0.1, 0.15) is 0 Å². The van der Waals surface area contributed by atoms with Crippen molar-refractivity contribution in [2.45, 2.75) is 96.8 Å². The van der Waals surface area contributed by atoms with Gasteiger partial charge in [0, 0.05) is 6.42 Å². The number of carboxylic acid groups (broad SMARTS) is 1. The van der Waals surface area contributed by atoms with Gasteiger partial charge in [-0.15, -0.1) is 0 Å². The van der Waals surface area contributed by atoms with Gasteiger partial charge in [0.15, 0.2) is 0 Å². The van der Waals surface area contributed by atoms with Gasteiger partial charge in [-0.2, -0.15) is 0 Å². The Labute approximate surface area is 130 Å². The van der Waals surface area contributed by atoms with E-state index in [1.165, 1.54) is 70.6 Å². The number of carbonyl (C=O) groups is 1. The second-order valence-corrected chi connectivity index (χ2v) is 5.97. The Morgan fingerprint density at radius 2 is 1.10 bits per heavy atom. The second kappa shape index (κ2) is 15.4. The fraction of sp³-hybridized carbons (Fsp3) is 0.833. The van der Waals surface area contributed by atoms with Crippen molar-refractivity contribution in [1.82, 2.24) is 0 Å². The number of aliphatic hydroxyl groups excluding tert-OH is 1. The van der Waals surface area contributed by atoms with E-state index in [2.05, 4.69) is 6.92 Å². The fourth-order valence-corrected chi connectivity index (χ4v) is 2.54. The molecule has 0 radical (unpaired) electrons. The maximum atomic E-state index is 10.3. The highest BCUT2D eigenvalue weighted by atomic mass is 16.4. The number of unbranched alkanes of at least 4 members (excludes halogenated alkanes) is 12. The predicted octanol–water partition coefficient (Wildman–Crippen LogP) is 5.99. The average Bonchev–Trinajstić information content (AvgIpc) is 2.43. The minimum atomic E-state index is -1.07. The summed E-state index contributed by atoms with van der Waals surface area (Å²) in [5.41, 5.74) is 0. The summed E-state index contributed by atoms with van der Waals surface area (Å²) in [5.74, 6) is -1.08. The van der Waals surface area contributed by atoms with Crippen molar-refractivity contribution in [2.75, 3.05) is 0 Å². The van der Waals surface area contributed by atoms with Gasteiger partial charge in [0.2, 0.25) is 0 Å². The number of hydrogen-bond donors (Lipinski definition) is 2. The molecule has 0 spiro atoms. The van der Waals surface area contributed by atoms with E-state index < -0.39 is 5.97 Å². The first kappa shape index (κ1) is 20.0. The lowest BCUT2D eigenvalue weighted by Crippen LogP contribution is -1.92. The molecule has 0 bridgehead atoms. The van der Waals surface area contributed by atoms with Crippen LogP contribution in [0, 0.1) is 0 Å². The van der Waals surface area contributed by atoms with Gasteiger partial charge < -0.3 is 10.2 Å². The molecule has 124 valence electrons. The van der Waals surface area contributed by atoms with E-state index in [9.17, 15) is 9.90 Å². The fourth-order valence-electron chi connectivity index (χ4n) is 2.54. The molecule has 3 nitrogen and oxygen atoms in total. The molecule has 0 aromatic rings. The van der Waals surface area contributed by atoms with Crippen molar-refractivity contribution in [3.05, 3.63) is 11.8 Å². The summed E-state index contributed by atoms with van der Waals surface area (Å²) in [6.45, 7) is 2.25. The van der Waals surface area contributed by atoms with Gasteiger partial charge in [-0.05, 0) is 6.42 Å². The van der Waals surface area contributed by atoms with Crippen molar-refractivity contribution in [3.8, 4) is 0 Å². The molecule has 0 aliphatic rings. The summed E-state index contributed by atoms with van der Waals surface area (Å²) in [5, 5.41) is 17.7. The minimum absolute atomic E-state index is 0.00873. The van der Waals surface area contributed by atoms with Crippen LogP contribution in [0.5, 0.6) is 0 Å². The Balaban J connectivity index is 3.14. The van der Waals surface area contributed by atoms with Crippen LogP contribution in [0.15, 0.2) is 11.8 Å². The third-order valence-electron chi connectivity index (χ3n) is 3.83. The number of aliphatic carboxylic acids is 1. The lowest BCUT2D eigenvalue weighted by molar-refractivity contribution is -0.131. The standard InChI is InChI=1S/C18H34O3/c1-2-3-4-5-6-7-8-9-10-11-12-13-14-15-17(19)16-18(20)21/h16,19H,2-15H2,1H3,(H,20,21)/b17-16-. The lowest BCUT2D eigenvalue weighted by Gasteiger charge is -2.03. The van der Waals surface area contributed by atoms with E-state index in [4.69, 9.17) is 5.11 Å². The molecule has 3 heteroatoms. The van der Waals surface area contributed by atoms with Crippen molar-refractivity contribution in [3.63, 3.8) is 0 Å². The molecule has 2 N–H and O–H groups in total. The lowest BCUT2D eigenvalue weighted by atomic mass is 10.0. The average molecular weight is 298 g/mol. The summed E-state index contributed by atoms with van der Waals surface area (Å²) in [4.78, 5) is 10.3. The van der Waals surface area contributed by atoms with E-state index >= 15 is 0 Å². The molecule has 0 rings (SSSR count). The van der Waals surface area contributed by atoms with E-state index in [-0.39, 0.29) is 5.76 Å². The van der Waals surface area contributed by atoms with Crippen LogP contribution in [-0.4, -0.2) is 16.2 Å². The van der Waals surface area contributed by atoms with Crippen LogP contribution >= 0.6 is 0 Å². The van der Waals surface area contributed by atoms with Crippen LogP contribution in [0.3, 0.4) is 0 Å². The molecule has 0 fully saturated rings. The third-order valence-corrected chi connectivity index (χ3v) is 3.83. The number of allylic oxidation sites excluding steroid dienone is 1. The predicted molar refractivity (Wildman–Crippen MR) is 88.7 cm³/mol. The van der Waals surface area contributed by atoms with Crippen LogP contribution in [-0.2, 0) is 4.79 Å². The Morgan fingerprint density at radius 1 is 0.714 bits per heavy atom. The Hall–Kier alpha value is -0.990. The molecule has 0 aliphatic carbocycles. The summed E-state index contributed by atoms with van der Waals surface area (Å²) >= 11 is 0. The molecular formula is C18H34O3. The highest BCUT2D eigenvalue weighted by Gasteiger charge is 1.98. The van der Waals surface area contributed by atoms with Gasteiger partial charge in [-0.3, -0.25) is 0 Å². The minimum Gasteiger partial charge on any atom is -0.512 e. The molecule has 0 saturated heterocycles. The van der Waals surface area contributed by atoms with Crippen molar-refractivity contribution in [1.29, 1.82) is 0 Å². The third kappa shape index (κ3) is 17.0. The highest BCUT2D eigenvalue weighted by Crippen LogP contribution is 2.13. The molecule has 0 aliphatic heterocycles. The SMILES string of the molecule is CCCCCCCCCCCCCCC/C(O)=C/C(=O)O. The zero-order chi connectivity index (χ0) is 15.8. The smallest absolute Gasteiger partial charge is 0.331 e. The first-order valence-electron chi connectivity index (χ1n) is 8.79. The second-order valence-electron chi connectivity index (χ2n) is 5.97. The van der Waals surface area contributed by atoms with E-state index in [1.54, 1.807) is 0 Å². The van der Waals surface area contributed by atoms with Crippen molar-refractivity contribution >= 4 is 5.97 Å². The highest BCUT2D eigenvalue weighted by molar-refractivity contribution is 5.80. The van der Waals surface area contributed by atoms with Gasteiger partial charge in [0.25, 0.3) is 0 Å². The molecule has 0 amide bonds. The molecule has 0 saturated carbocycles. The Kier molecular flexibility index (Phi) is 14.7. The molecule has 0 unspecified atom stereocenters. The van der Waals surface area contributed by atoms with Gasteiger partial charge in [-0.1, -0.05) is 84.0 Å². The van der Waals surface area contributed by atoms with Gasteiger partial charge >= 0.3 is 5.97 Å². The van der Waals surface area contributed by atoms with Gasteiger partial charge in [-0.25, -0.2) is 4.79 Å². The topological polar surface area (TPSA) is 57.5 Å². The first-order valence-corrected chi connectivity index (χ1v) is 8.79. The number of aliphatic hydroxyl groups is 1. The molecule has 21 heavy (non-hydrogen) atoms. The van der Waals surface area contributed by atoms with Crippen LogP contribution in [0.1, 0.15) is 96.8 Å². The van der Waals surface area contributed by atoms with Crippen LogP contribution in [0.2, 0.25) is 0 Å². The zero-order valence-electron chi connectivity index (χ0n) is 13.8. The monoisotopic (exact) mass is 298 g/mol. The van der Waals surface area contributed by atoms with Gasteiger partial charge in [0.05, 0.1) is 11.8 Å². The van der Waals surface area contributed by atoms with Crippen molar-refractivity contribution in [2.24, 2.45) is 0 Å². The summed E-state index contributed by atoms with van der Waals surface area (Å²) in [7, 11) is 0. The number of hydrogen-bond acceptors (Lipinski definition) is 2.